The first kappa shape index (κ1) is 19.0. The number of rotatable bonds is 8. The van der Waals surface area contributed by atoms with Gasteiger partial charge in [0.05, 0.1) is 23.7 Å². The number of hydrogen-bond donors (Lipinski definition) is 1. The molecule has 1 aliphatic rings. The lowest BCUT2D eigenvalue weighted by Gasteiger charge is -2.14. The minimum absolute atomic E-state index is 0.00454. The Labute approximate surface area is 159 Å². The van der Waals surface area contributed by atoms with Crippen LogP contribution in [0.4, 0.5) is 5.82 Å². The summed E-state index contributed by atoms with van der Waals surface area (Å²) >= 11 is 1.51. The second-order valence-corrected chi connectivity index (χ2v) is 7.95. The summed E-state index contributed by atoms with van der Waals surface area (Å²) in [5.74, 6) is 1.16. The van der Waals surface area contributed by atoms with Crippen molar-refractivity contribution in [1.82, 2.24) is 19.3 Å². The predicted molar refractivity (Wildman–Crippen MR) is 106 cm³/mol. The number of hydrogen-bond acceptors (Lipinski definition) is 4. The van der Waals surface area contributed by atoms with Crippen LogP contribution >= 0.6 is 11.8 Å². The van der Waals surface area contributed by atoms with Crippen molar-refractivity contribution < 1.29 is 4.79 Å². The summed E-state index contributed by atoms with van der Waals surface area (Å²) < 4.78 is 4.21. The van der Waals surface area contributed by atoms with Crippen molar-refractivity contribution in [2.75, 3.05) is 11.1 Å². The van der Waals surface area contributed by atoms with E-state index in [0.29, 0.717) is 11.8 Å². The van der Waals surface area contributed by atoms with Crippen molar-refractivity contribution in [3.8, 4) is 0 Å². The maximum Gasteiger partial charge on any atom is 0.235 e. The number of amides is 1. The Morgan fingerprint density at radius 2 is 2.12 bits per heavy atom. The van der Waals surface area contributed by atoms with E-state index in [2.05, 4.69) is 33.8 Å². The molecule has 2 heterocycles. The quantitative estimate of drug-likeness (QED) is 0.697. The molecule has 6 nitrogen and oxygen atoms in total. The highest BCUT2D eigenvalue weighted by Crippen LogP contribution is 2.31. The minimum atomic E-state index is -0.00454. The fraction of sp³-hybridized carbons (Fsp3) is 0.632. The second-order valence-electron chi connectivity index (χ2n) is 7.01. The standard InChI is InChI=1S/C19H29N5OS/c1-4-5-12-23-15(3)14(2)21-19(23)26-13-18(25)22-17-10-11-20-24(17)16-8-6-7-9-16/h10-11,16H,4-9,12-13H2,1-3H3,(H,22,25). The van der Waals surface area contributed by atoms with Crippen molar-refractivity contribution in [1.29, 1.82) is 0 Å². The van der Waals surface area contributed by atoms with Gasteiger partial charge in [0.15, 0.2) is 5.16 Å². The third-order valence-electron chi connectivity index (χ3n) is 5.10. The Bertz CT molecular complexity index is 745. The SMILES string of the molecule is CCCCn1c(SCC(=O)Nc2ccnn2C2CCCC2)nc(C)c1C. The third-order valence-corrected chi connectivity index (χ3v) is 6.08. The highest BCUT2D eigenvalue weighted by molar-refractivity contribution is 7.99. The van der Waals surface area contributed by atoms with Gasteiger partial charge in [-0.2, -0.15) is 5.10 Å². The summed E-state index contributed by atoms with van der Waals surface area (Å²) in [4.78, 5) is 17.1. The highest BCUT2D eigenvalue weighted by atomic mass is 32.2. The van der Waals surface area contributed by atoms with E-state index in [1.807, 2.05) is 17.7 Å². The zero-order chi connectivity index (χ0) is 18.5. The molecular weight excluding hydrogens is 346 g/mol. The first-order valence-electron chi connectivity index (χ1n) is 9.60. The van der Waals surface area contributed by atoms with E-state index in [9.17, 15) is 4.79 Å². The van der Waals surface area contributed by atoms with Gasteiger partial charge < -0.3 is 9.88 Å². The van der Waals surface area contributed by atoms with E-state index < -0.39 is 0 Å². The highest BCUT2D eigenvalue weighted by Gasteiger charge is 2.21. The van der Waals surface area contributed by atoms with Crippen LogP contribution in [0.5, 0.6) is 0 Å². The molecule has 0 unspecified atom stereocenters. The monoisotopic (exact) mass is 375 g/mol. The Morgan fingerprint density at radius 3 is 2.85 bits per heavy atom. The van der Waals surface area contributed by atoms with Crippen molar-refractivity contribution in [3.63, 3.8) is 0 Å². The Hall–Kier alpha value is -1.76. The number of imidazole rings is 1. The first-order valence-corrected chi connectivity index (χ1v) is 10.6. The number of nitrogens with zero attached hydrogens (tertiary/aromatic N) is 4. The van der Waals surface area contributed by atoms with Crippen LogP contribution in [0.15, 0.2) is 17.4 Å². The molecule has 1 saturated carbocycles. The molecule has 0 radical (unpaired) electrons. The fourth-order valence-corrected chi connectivity index (χ4v) is 4.39. The van der Waals surface area contributed by atoms with Gasteiger partial charge in [-0.1, -0.05) is 37.9 Å². The van der Waals surface area contributed by atoms with Crippen LogP contribution in [0.3, 0.4) is 0 Å². The summed E-state index contributed by atoms with van der Waals surface area (Å²) in [6.45, 7) is 7.28. The molecule has 1 aliphatic carbocycles. The van der Waals surface area contributed by atoms with Crippen molar-refractivity contribution in [3.05, 3.63) is 23.7 Å². The molecule has 1 amide bonds. The van der Waals surface area contributed by atoms with Gasteiger partial charge >= 0.3 is 0 Å². The van der Waals surface area contributed by atoms with Gasteiger partial charge in [0.1, 0.15) is 5.82 Å². The number of carbonyl (C=O) groups excluding carboxylic acids is 1. The number of thioether (sulfide) groups is 1. The summed E-state index contributed by atoms with van der Waals surface area (Å²) in [6.07, 6.45) is 8.81. The smallest absolute Gasteiger partial charge is 0.235 e. The molecule has 0 spiro atoms. The van der Waals surface area contributed by atoms with Crippen LogP contribution in [0, 0.1) is 13.8 Å². The van der Waals surface area contributed by atoms with Crippen LogP contribution in [-0.4, -0.2) is 31.0 Å². The molecule has 142 valence electrons. The van der Waals surface area contributed by atoms with Crippen molar-refractivity contribution in [2.45, 2.75) is 77.0 Å². The van der Waals surface area contributed by atoms with E-state index in [-0.39, 0.29) is 5.91 Å². The molecular formula is C19H29N5OS. The van der Waals surface area contributed by atoms with Crippen LogP contribution in [0.25, 0.3) is 0 Å². The third kappa shape index (κ3) is 4.31. The van der Waals surface area contributed by atoms with E-state index in [4.69, 9.17) is 0 Å². The number of carbonyl (C=O) groups is 1. The second kappa shape index (κ2) is 8.75. The summed E-state index contributed by atoms with van der Waals surface area (Å²) in [5, 5.41) is 8.37. The number of nitrogens with one attached hydrogen (secondary N) is 1. The van der Waals surface area contributed by atoms with Gasteiger partial charge in [0.2, 0.25) is 5.91 Å². The van der Waals surface area contributed by atoms with Gasteiger partial charge in [-0.25, -0.2) is 9.67 Å². The molecule has 2 aromatic rings. The maximum absolute atomic E-state index is 12.5. The lowest BCUT2D eigenvalue weighted by molar-refractivity contribution is -0.113. The Kier molecular flexibility index (Phi) is 6.40. The van der Waals surface area contributed by atoms with Crippen LogP contribution in [0.1, 0.15) is 62.9 Å². The molecule has 26 heavy (non-hydrogen) atoms. The first-order chi connectivity index (χ1) is 12.6. The number of aryl methyl sites for hydroxylation is 1. The van der Waals surface area contributed by atoms with Crippen molar-refractivity contribution in [2.24, 2.45) is 0 Å². The maximum atomic E-state index is 12.5. The largest absolute Gasteiger partial charge is 0.323 e. The average Bonchev–Trinajstić information content (AvgIpc) is 3.34. The Balaban J connectivity index is 1.60. The van der Waals surface area contributed by atoms with Gasteiger partial charge in [-0.05, 0) is 33.1 Å². The lowest BCUT2D eigenvalue weighted by Crippen LogP contribution is -2.19. The summed E-state index contributed by atoms with van der Waals surface area (Å²) in [6, 6.07) is 2.31. The van der Waals surface area contributed by atoms with Crippen molar-refractivity contribution >= 4 is 23.5 Å². The summed E-state index contributed by atoms with van der Waals surface area (Å²) in [5.41, 5.74) is 2.24. The van der Waals surface area contributed by atoms with Crippen LogP contribution in [0.2, 0.25) is 0 Å². The van der Waals surface area contributed by atoms with Gasteiger partial charge in [-0.3, -0.25) is 4.79 Å². The van der Waals surface area contributed by atoms with E-state index in [0.717, 1.165) is 48.9 Å². The molecule has 0 atom stereocenters. The van der Waals surface area contributed by atoms with Crippen LogP contribution < -0.4 is 5.32 Å². The molecule has 1 N–H and O–H groups in total. The van der Waals surface area contributed by atoms with E-state index in [1.54, 1.807) is 6.20 Å². The molecule has 3 rings (SSSR count). The summed E-state index contributed by atoms with van der Waals surface area (Å²) in [7, 11) is 0. The Morgan fingerprint density at radius 1 is 1.35 bits per heavy atom. The topological polar surface area (TPSA) is 64.7 Å². The molecule has 0 saturated heterocycles. The minimum Gasteiger partial charge on any atom is -0.323 e. The molecule has 0 aliphatic heterocycles. The molecule has 7 heteroatoms. The zero-order valence-corrected chi connectivity index (χ0v) is 16.8. The molecule has 0 aromatic carbocycles. The van der Waals surface area contributed by atoms with E-state index in [1.165, 1.54) is 30.3 Å². The van der Waals surface area contributed by atoms with E-state index >= 15 is 0 Å². The fourth-order valence-electron chi connectivity index (χ4n) is 3.48. The molecule has 2 aromatic heterocycles. The van der Waals surface area contributed by atoms with Gasteiger partial charge in [0, 0.05) is 18.3 Å². The molecule has 1 fully saturated rings. The number of unbranched alkanes of at least 4 members (excludes halogenated alkanes) is 1. The lowest BCUT2D eigenvalue weighted by atomic mass is 10.2. The number of aromatic nitrogens is 4. The normalized spacial score (nSPS) is 14.9. The zero-order valence-electron chi connectivity index (χ0n) is 16.0. The van der Waals surface area contributed by atoms with Gasteiger partial charge in [-0.15, -0.1) is 0 Å². The average molecular weight is 376 g/mol. The predicted octanol–water partition coefficient (Wildman–Crippen LogP) is 4.34. The molecule has 0 bridgehead atoms. The number of anilines is 1. The van der Waals surface area contributed by atoms with Crippen LogP contribution in [-0.2, 0) is 11.3 Å². The van der Waals surface area contributed by atoms with Gasteiger partial charge in [0.25, 0.3) is 0 Å².